The molecule has 2 aromatic heterocycles. The smallest absolute Gasteiger partial charge is 0.358 e. The summed E-state index contributed by atoms with van der Waals surface area (Å²) >= 11 is 0. The van der Waals surface area contributed by atoms with E-state index >= 15 is 0 Å². The first-order valence-electron chi connectivity index (χ1n) is 7.43. The van der Waals surface area contributed by atoms with Gasteiger partial charge in [-0.1, -0.05) is 24.3 Å². The van der Waals surface area contributed by atoms with Crippen molar-refractivity contribution in [3.8, 4) is 11.3 Å². The molecule has 6 heteroatoms. The van der Waals surface area contributed by atoms with Crippen molar-refractivity contribution in [1.82, 2.24) is 14.6 Å². The van der Waals surface area contributed by atoms with Crippen LogP contribution in [-0.2, 0) is 10.3 Å². The maximum absolute atomic E-state index is 11.7. The maximum atomic E-state index is 11.7. The van der Waals surface area contributed by atoms with Gasteiger partial charge in [-0.2, -0.15) is 5.10 Å². The lowest BCUT2D eigenvalue weighted by atomic mass is 10.0. The van der Waals surface area contributed by atoms with Crippen molar-refractivity contribution < 1.29 is 9.53 Å². The fourth-order valence-electron chi connectivity index (χ4n) is 2.73. The van der Waals surface area contributed by atoms with Crippen molar-refractivity contribution in [3.05, 3.63) is 54.0 Å². The van der Waals surface area contributed by atoms with Gasteiger partial charge in [-0.15, -0.1) is 0 Å². The second kappa shape index (κ2) is 4.89. The van der Waals surface area contributed by atoms with Gasteiger partial charge in [-0.3, -0.25) is 4.98 Å². The van der Waals surface area contributed by atoms with Crippen LogP contribution >= 0.6 is 0 Å². The summed E-state index contributed by atoms with van der Waals surface area (Å²) in [6, 6.07) is 9.80. The van der Waals surface area contributed by atoms with Crippen molar-refractivity contribution in [2.75, 3.05) is 7.11 Å². The van der Waals surface area contributed by atoms with Gasteiger partial charge in [0.1, 0.15) is 0 Å². The Morgan fingerprint density at radius 1 is 1.30 bits per heavy atom. The Bertz CT molecular complexity index is 895. The Hall–Kier alpha value is -2.73. The number of esters is 1. The summed E-state index contributed by atoms with van der Waals surface area (Å²) in [7, 11) is 1.34. The Morgan fingerprint density at radius 2 is 2.04 bits per heavy atom. The molecule has 0 unspecified atom stereocenters. The Labute approximate surface area is 132 Å². The SMILES string of the molecule is COC(=O)c1cc2c(-c3ccc(C4(N)CC4)cc3)nccn2n1. The van der Waals surface area contributed by atoms with Gasteiger partial charge in [-0.05, 0) is 18.4 Å². The molecule has 2 N–H and O–H groups in total. The number of rotatable bonds is 3. The Morgan fingerprint density at radius 3 is 2.70 bits per heavy atom. The van der Waals surface area contributed by atoms with Crippen molar-refractivity contribution in [2.45, 2.75) is 18.4 Å². The highest BCUT2D eigenvalue weighted by Crippen LogP contribution is 2.42. The monoisotopic (exact) mass is 308 g/mol. The molecule has 0 aliphatic heterocycles. The number of carbonyl (C=O) groups is 1. The van der Waals surface area contributed by atoms with E-state index < -0.39 is 5.97 Å². The van der Waals surface area contributed by atoms with E-state index in [-0.39, 0.29) is 11.2 Å². The summed E-state index contributed by atoms with van der Waals surface area (Å²) in [5, 5.41) is 4.22. The number of nitrogens with two attached hydrogens (primary N) is 1. The predicted molar refractivity (Wildman–Crippen MR) is 84.9 cm³/mol. The molecule has 0 amide bonds. The molecule has 1 aromatic carbocycles. The van der Waals surface area contributed by atoms with Crippen LogP contribution in [0, 0.1) is 0 Å². The van der Waals surface area contributed by atoms with Gasteiger partial charge in [0.2, 0.25) is 0 Å². The van der Waals surface area contributed by atoms with Gasteiger partial charge < -0.3 is 10.5 Å². The molecule has 23 heavy (non-hydrogen) atoms. The van der Waals surface area contributed by atoms with Crippen molar-refractivity contribution in [2.24, 2.45) is 5.73 Å². The number of nitrogens with zero attached hydrogens (tertiary/aromatic N) is 3. The van der Waals surface area contributed by atoms with Gasteiger partial charge >= 0.3 is 5.97 Å². The summed E-state index contributed by atoms with van der Waals surface area (Å²) in [5.74, 6) is -0.464. The third-order valence-corrected chi connectivity index (χ3v) is 4.31. The van der Waals surface area contributed by atoms with Crippen LogP contribution in [0.1, 0.15) is 28.9 Å². The second-order valence-electron chi connectivity index (χ2n) is 5.86. The molecule has 3 aromatic rings. The minimum atomic E-state index is -0.464. The molecule has 6 nitrogen and oxygen atoms in total. The van der Waals surface area contributed by atoms with Crippen LogP contribution < -0.4 is 5.73 Å². The molecule has 0 atom stereocenters. The molecule has 0 bridgehead atoms. The topological polar surface area (TPSA) is 82.5 Å². The molecule has 1 aliphatic rings. The van der Waals surface area contributed by atoms with Gasteiger partial charge in [0, 0.05) is 29.6 Å². The lowest BCUT2D eigenvalue weighted by molar-refractivity contribution is 0.0593. The molecule has 0 radical (unpaired) electrons. The van der Waals surface area contributed by atoms with E-state index in [0.29, 0.717) is 0 Å². The molecule has 116 valence electrons. The number of benzene rings is 1. The zero-order valence-corrected chi connectivity index (χ0v) is 12.7. The second-order valence-corrected chi connectivity index (χ2v) is 5.86. The van der Waals surface area contributed by atoms with Crippen LogP contribution in [0.3, 0.4) is 0 Å². The molecule has 4 rings (SSSR count). The average Bonchev–Trinajstić information content (AvgIpc) is 3.18. The van der Waals surface area contributed by atoms with Crippen LogP contribution in [0.25, 0.3) is 16.8 Å². The molecular formula is C17H16N4O2. The number of carbonyl (C=O) groups excluding carboxylic acids is 1. The van der Waals surface area contributed by atoms with Gasteiger partial charge in [-0.25, -0.2) is 9.31 Å². The van der Waals surface area contributed by atoms with E-state index in [4.69, 9.17) is 10.5 Å². The fourth-order valence-corrected chi connectivity index (χ4v) is 2.73. The maximum Gasteiger partial charge on any atom is 0.358 e. The molecule has 1 fully saturated rings. The van der Waals surface area contributed by atoms with E-state index in [9.17, 15) is 4.79 Å². The largest absolute Gasteiger partial charge is 0.464 e. The van der Waals surface area contributed by atoms with Crippen molar-refractivity contribution in [1.29, 1.82) is 0 Å². The molecular weight excluding hydrogens is 292 g/mol. The summed E-state index contributed by atoms with van der Waals surface area (Å²) in [6.45, 7) is 0. The lowest BCUT2D eigenvalue weighted by Gasteiger charge is -2.10. The fraction of sp³-hybridized carbons (Fsp3) is 0.235. The van der Waals surface area contributed by atoms with Crippen LogP contribution in [0.2, 0.25) is 0 Å². The number of hydrogen-bond donors (Lipinski definition) is 1. The lowest BCUT2D eigenvalue weighted by Crippen LogP contribution is -2.18. The number of hydrogen-bond acceptors (Lipinski definition) is 5. The average molecular weight is 308 g/mol. The van der Waals surface area contributed by atoms with Crippen LogP contribution in [0.5, 0.6) is 0 Å². The Kier molecular flexibility index (Phi) is 2.96. The van der Waals surface area contributed by atoms with Gasteiger partial charge in [0.15, 0.2) is 5.69 Å². The van der Waals surface area contributed by atoms with E-state index in [1.807, 2.05) is 24.3 Å². The van der Waals surface area contributed by atoms with E-state index in [1.54, 1.807) is 23.0 Å². The van der Waals surface area contributed by atoms with Crippen molar-refractivity contribution in [3.63, 3.8) is 0 Å². The number of ether oxygens (including phenoxy) is 1. The standard InChI is InChI=1S/C17H16N4O2/c1-23-16(22)13-10-14-15(19-8-9-21(14)20-13)11-2-4-12(5-3-11)17(18)6-7-17/h2-5,8-10H,6-7,18H2,1H3. The highest BCUT2D eigenvalue weighted by molar-refractivity contribution is 5.90. The van der Waals surface area contributed by atoms with Gasteiger partial charge in [0.05, 0.1) is 18.3 Å². The van der Waals surface area contributed by atoms with Crippen LogP contribution in [0.4, 0.5) is 0 Å². The van der Waals surface area contributed by atoms with E-state index in [0.717, 1.165) is 35.2 Å². The van der Waals surface area contributed by atoms with Crippen LogP contribution in [0.15, 0.2) is 42.7 Å². The summed E-state index contributed by atoms with van der Waals surface area (Å²) in [6.07, 6.45) is 5.44. The third-order valence-electron chi connectivity index (χ3n) is 4.31. The summed E-state index contributed by atoms with van der Waals surface area (Å²) in [4.78, 5) is 16.1. The van der Waals surface area contributed by atoms with Crippen LogP contribution in [-0.4, -0.2) is 27.7 Å². The summed E-state index contributed by atoms with van der Waals surface area (Å²) < 4.78 is 6.36. The first-order chi connectivity index (χ1) is 11.1. The normalized spacial score (nSPS) is 15.6. The zero-order valence-electron chi connectivity index (χ0n) is 12.7. The first kappa shape index (κ1) is 13.9. The van der Waals surface area contributed by atoms with E-state index in [2.05, 4.69) is 10.1 Å². The molecule has 1 saturated carbocycles. The predicted octanol–water partition coefficient (Wildman–Crippen LogP) is 2.13. The quantitative estimate of drug-likeness (QED) is 0.749. The minimum absolute atomic E-state index is 0.146. The van der Waals surface area contributed by atoms with Gasteiger partial charge in [0.25, 0.3) is 0 Å². The highest BCUT2D eigenvalue weighted by Gasteiger charge is 2.39. The minimum Gasteiger partial charge on any atom is -0.464 e. The third kappa shape index (κ3) is 2.27. The zero-order chi connectivity index (χ0) is 16.0. The molecule has 0 spiro atoms. The number of aromatic nitrogens is 3. The number of fused-ring (bicyclic) bond motifs is 1. The van der Waals surface area contributed by atoms with Crippen molar-refractivity contribution >= 4 is 11.5 Å². The summed E-state index contributed by atoms with van der Waals surface area (Å²) in [5.41, 5.74) is 9.97. The first-order valence-corrected chi connectivity index (χ1v) is 7.43. The number of methoxy groups -OCH3 is 1. The molecule has 1 aliphatic carbocycles. The Balaban J connectivity index is 1.78. The molecule has 0 saturated heterocycles. The highest BCUT2D eigenvalue weighted by atomic mass is 16.5. The van der Waals surface area contributed by atoms with E-state index in [1.165, 1.54) is 7.11 Å². The molecule has 2 heterocycles.